The van der Waals surface area contributed by atoms with E-state index in [1.54, 1.807) is 0 Å². The zero-order valence-electron chi connectivity index (χ0n) is 13.9. The first-order chi connectivity index (χ1) is 12.3. The minimum Gasteiger partial charge on any atom is -0.489 e. The lowest BCUT2D eigenvalue weighted by molar-refractivity contribution is 0.0766. The fourth-order valence-corrected chi connectivity index (χ4v) is 3.09. The first kappa shape index (κ1) is 15.5. The molecule has 1 aliphatic heterocycles. The normalized spacial score (nSPS) is 13.0. The van der Waals surface area contributed by atoms with Crippen molar-refractivity contribution in [3.8, 4) is 5.75 Å². The maximum atomic E-state index is 12.4. The Balaban J connectivity index is 1.37. The molecular weight excluding hydrogens is 310 g/mol. The van der Waals surface area contributed by atoms with Crippen molar-refractivity contribution in [3.63, 3.8) is 0 Å². The van der Waals surface area contributed by atoms with Gasteiger partial charge in [-0.05, 0) is 34.9 Å². The van der Waals surface area contributed by atoms with Crippen molar-refractivity contribution in [2.75, 3.05) is 0 Å². The molecule has 0 bridgehead atoms. The molecule has 0 spiro atoms. The van der Waals surface area contributed by atoms with Gasteiger partial charge in [0.25, 0.3) is 5.91 Å². The largest absolute Gasteiger partial charge is 0.489 e. The summed E-state index contributed by atoms with van der Waals surface area (Å²) in [5, 5.41) is 0. The third kappa shape index (κ3) is 3.41. The Morgan fingerprint density at radius 2 is 1.48 bits per heavy atom. The Labute approximate surface area is 147 Å². The van der Waals surface area contributed by atoms with Gasteiger partial charge in [0.15, 0.2) is 0 Å². The Morgan fingerprint density at radius 3 is 2.24 bits per heavy atom. The van der Waals surface area contributed by atoms with Crippen LogP contribution in [0.5, 0.6) is 5.75 Å². The lowest BCUT2D eigenvalue weighted by Crippen LogP contribution is -2.23. The number of nitrogens with zero attached hydrogens (tertiary/aromatic N) is 1. The number of hydrogen-bond donors (Lipinski definition) is 0. The van der Waals surface area contributed by atoms with Crippen LogP contribution in [0.15, 0.2) is 78.9 Å². The van der Waals surface area contributed by atoms with Gasteiger partial charge in [0.05, 0.1) is 0 Å². The zero-order valence-corrected chi connectivity index (χ0v) is 13.9. The monoisotopic (exact) mass is 329 g/mol. The van der Waals surface area contributed by atoms with E-state index in [9.17, 15) is 4.79 Å². The summed E-state index contributed by atoms with van der Waals surface area (Å²) in [4.78, 5) is 14.3. The van der Waals surface area contributed by atoms with E-state index < -0.39 is 0 Å². The molecule has 1 aliphatic rings. The Morgan fingerprint density at radius 1 is 0.800 bits per heavy atom. The Kier molecular flexibility index (Phi) is 4.21. The van der Waals surface area contributed by atoms with Gasteiger partial charge in [0, 0.05) is 18.7 Å². The van der Waals surface area contributed by atoms with Crippen molar-refractivity contribution < 1.29 is 9.53 Å². The molecular formula is C22H19NO2. The van der Waals surface area contributed by atoms with Gasteiger partial charge in [-0.15, -0.1) is 0 Å². The molecule has 1 heterocycles. The fourth-order valence-electron chi connectivity index (χ4n) is 3.09. The van der Waals surface area contributed by atoms with Crippen LogP contribution in [-0.2, 0) is 19.7 Å². The standard InChI is InChI=1S/C22H19NO2/c24-22-21-9-5-4-6-19(21)15-23(22)14-17-10-12-18(13-11-17)16-25-20-7-2-1-3-8-20/h1-13H,14-16H2. The number of fused-ring (bicyclic) bond motifs is 1. The van der Waals surface area contributed by atoms with Crippen LogP contribution in [0.2, 0.25) is 0 Å². The molecule has 0 saturated heterocycles. The number of rotatable bonds is 5. The molecule has 1 amide bonds. The maximum absolute atomic E-state index is 12.4. The summed E-state index contributed by atoms with van der Waals surface area (Å²) in [5.41, 5.74) is 4.18. The van der Waals surface area contributed by atoms with E-state index in [0.717, 1.165) is 28.0 Å². The van der Waals surface area contributed by atoms with Crippen LogP contribution in [0, 0.1) is 0 Å². The smallest absolute Gasteiger partial charge is 0.254 e. The number of amides is 1. The first-order valence-corrected chi connectivity index (χ1v) is 8.42. The summed E-state index contributed by atoms with van der Waals surface area (Å²) in [6, 6.07) is 25.9. The minimum atomic E-state index is 0.118. The number of para-hydroxylation sites is 1. The quantitative estimate of drug-likeness (QED) is 0.693. The second-order valence-corrected chi connectivity index (χ2v) is 6.24. The van der Waals surface area contributed by atoms with Crippen LogP contribution in [0.1, 0.15) is 27.0 Å². The lowest BCUT2D eigenvalue weighted by Gasteiger charge is -2.16. The molecule has 0 saturated carbocycles. The number of carbonyl (C=O) groups excluding carboxylic acids is 1. The van der Waals surface area contributed by atoms with Crippen molar-refractivity contribution in [2.24, 2.45) is 0 Å². The first-order valence-electron chi connectivity index (χ1n) is 8.42. The third-order valence-electron chi connectivity index (χ3n) is 4.44. The van der Waals surface area contributed by atoms with Gasteiger partial charge >= 0.3 is 0 Å². The molecule has 124 valence electrons. The summed E-state index contributed by atoms with van der Waals surface area (Å²) >= 11 is 0. The van der Waals surface area contributed by atoms with Gasteiger partial charge in [-0.25, -0.2) is 0 Å². The average molecular weight is 329 g/mol. The summed E-state index contributed by atoms with van der Waals surface area (Å²) in [6.45, 7) is 1.86. The maximum Gasteiger partial charge on any atom is 0.254 e. The second kappa shape index (κ2) is 6.81. The highest BCUT2D eigenvalue weighted by Crippen LogP contribution is 2.24. The molecule has 0 unspecified atom stereocenters. The van der Waals surface area contributed by atoms with Gasteiger partial charge in [-0.1, -0.05) is 60.7 Å². The molecule has 0 aliphatic carbocycles. The number of carbonyl (C=O) groups is 1. The topological polar surface area (TPSA) is 29.5 Å². The van der Waals surface area contributed by atoms with E-state index in [1.807, 2.05) is 59.5 Å². The lowest BCUT2D eigenvalue weighted by atomic mass is 10.1. The van der Waals surface area contributed by atoms with E-state index in [1.165, 1.54) is 0 Å². The minimum absolute atomic E-state index is 0.118. The summed E-state index contributed by atoms with van der Waals surface area (Å²) in [6.07, 6.45) is 0. The van der Waals surface area contributed by atoms with Crippen LogP contribution in [-0.4, -0.2) is 10.8 Å². The number of ether oxygens (including phenoxy) is 1. The highest BCUT2D eigenvalue weighted by atomic mass is 16.5. The van der Waals surface area contributed by atoms with Gasteiger partial charge in [-0.3, -0.25) is 4.79 Å². The SMILES string of the molecule is O=C1c2ccccc2CN1Cc1ccc(COc2ccccc2)cc1. The van der Waals surface area contributed by atoms with Crippen molar-refractivity contribution in [3.05, 3.63) is 101 Å². The van der Waals surface area contributed by atoms with Gasteiger partial charge < -0.3 is 9.64 Å². The zero-order chi connectivity index (χ0) is 17.1. The van der Waals surface area contributed by atoms with Crippen molar-refractivity contribution in [1.29, 1.82) is 0 Å². The molecule has 25 heavy (non-hydrogen) atoms. The fraction of sp³-hybridized carbons (Fsp3) is 0.136. The molecule has 0 fully saturated rings. The highest BCUT2D eigenvalue weighted by molar-refractivity contribution is 5.98. The van der Waals surface area contributed by atoms with Crippen LogP contribution in [0.4, 0.5) is 0 Å². The molecule has 0 aromatic heterocycles. The van der Waals surface area contributed by atoms with E-state index >= 15 is 0 Å². The number of hydrogen-bond acceptors (Lipinski definition) is 2. The molecule has 0 radical (unpaired) electrons. The molecule has 3 nitrogen and oxygen atoms in total. The third-order valence-corrected chi connectivity index (χ3v) is 4.44. The van der Waals surface area contributed by atoms with Crippen LogP contribution in [0.3, 0.4) is 0 Å². The van der Waals surface area contributed by atoms with Gasteiger partial charge in [0.2, 0.25) is 0 Å². The van der Waals surface area contributed by atoms with Gasteiger partial charge in [-0.2, -0.15) is 0 Å². The van der Waals surface area contributed by atoms with Crippen LogP contribution < -0.4 is 4.74 Å². The average Bonchev–Trinajstić information content (AvgIpc) is 2.98. The van der Waals surface area contributed by atoms with Crippen molar-refractivity contribution in [2.45, 2.75) is 19.7 Å². The number of benzene rings is 3. The van der Waals surface area contributed by atoms with Crippen molar-refractivity contribution in [1.82, 2.24) is 4.90 Å². The predicted molar refractivity (Wildman–Crippen MR) is 97.2 cm³/mol. The molecule has 3 aromatic carbocycles. The molecule has 4 rings (SSSR count). The van der Waals surface area contributed by atoms with Crippen LogP contribution in [0.25, 0.3) is 0 Å². The molecule has 0 N–H and O–H groups in total. The van der Waals surface area contributed by atoms with E-state index in [-0.39, 0.29) is 5.91 Å². The molecule has 3 aromatic rings. The van der Waals surface area contributed by atoms with E-state index in [4.69, 9.17) is 4.74 Å². The van der Waals surface area contributed by atoms with Crippen LogP contribution >= 0.6 is 0 Å². The predicted octanol–water partition coefficient (Wildman–Crippen LogP) is 4.42. The summed E-state index contributed by atoms with van der Waals surface area (Å²) < 4.78 is 5.76. The highest BCUT2D eigenvalue weighted by Gasteiger charge is 2.26. The summed E-state index contributed by atoms with van der Waals surface area (Å²) in [5.74, 6) is 0.985. The Bertz CT molecular complexity index is 872. The van der Waals surface area contributed by atoms with Crippen molar-refractivity contribution >= 4 is 5.91 Å². The second-order valence-electron chi connectivity index (χ2n) is 6.24. The van der Waals surface area contributed by atoms with Gasteiger partial charge in [0.1, 0.15) is 12.4 Å². The summed E-state index contributed by atoms with van der Waals surface area (Å²) in [7, 11) is 0. The molecule has 0 atom stereocenters. The van der Waals surface area contributed by atoms with E-state index in [0.29, 0.717) is 19.7 Å². The van der Waals surface area contributed by atoms with E-state index in [2.05, 4.69) is 24.3 Å². The molecule has 3 heteroatoms. The Hall–Kier alpha value is -3.07.